The number of aryl methyl sites for hydroxylation is 1. The summed E-state index contributed by atoms with van der Waals surface area (Å²) < 4.78 is 13.6. The van der Waals surface area contributed by atoms with Gasteiger partial charge in [-0.25, -0.2) is 4.39 Å². The Kier molecular flexibility index (Phi) is 4.76. The quantitative estimate of drug-likeness (QED) is 0.889. The fourth-order valence-electron chi connectivity index (χ4n) is 2.87. The fourth-order valence-corrected chi connectivity index (χ4v) is 2.87. The molecule has 1 fully saturated rings. The molecule has 3 nitrogen and oxygen atoms in total. The minimum atomic E-state index is -0.183. The molecule has 0 radical (unpaired) electrons. The Hall–Kier alpha value is -1.42. The van der Waals surface area contributed by atoms with Crippen molar-refractivity contribution in [1.82, 2.24) is 5.32 Å². The summed E-state index contributed by atoms with van der Waals surface area (Å²) in [5, 5.41) is 3.52. The van der Waals surface area contributed by atoms with E-state index in [0.717, 1.165) is 31.2 Å². The zero-order valence-corrected chi connectivity index (χ0v) is 12.2. The Morgan fingerprint density at radius 2 is 2.00 bits per heavy atom. The molecule has 0 aromatic heterocycles. The van der Waals surface area contributed by atoms with Gasteiger partial charge in [-0.05, 0) is 56.7 Å². The first kappa shape index (κ1) is 15.0. The van der Waals surface area contributed by atoms with Gasteiger partial charge in [0.05, 0.1) is 0 Å². The Labute approximate surface area is 119 Å². The molecule has 0 saturated heterocycles. The second-order valence-electron chi connectivity index (χ2n) is 5.85. The van der Waals surface area contributed by atoms with Crippen molar-refractivity contribution in [3.63, 3.8) is 0 Å². The number of hydrogen-bond acceptors (Lipinski definition) is 2. The van der Waals surface area contributed by atoms with E-state index in [4.69, 9.17) is 5.73 Å². The lowest BCUT2D eigenvalue weighted by Gasteiger charge is -2.30. The predicted octanol–water partition coefficient (Wildman–Crippen LogP) is 2.83. The summed E-state index contributed by atoms with van der Waals surface area (Å²) >= 11 is 0. The van der Waals surface area contributed by atoms with Crippen LogP contribution in [0.15, 0.2) is 18.2 Å². The maximum atomic E-state index is 13.6. The van der Waals surface area contributed by atoms with Crippen LogP contribution in [0, 0.1) is 18.7 Å². The average molecular weight is 278 g/mol. The van der Waals surface area contributed by atoms with E-state index in [1.165, 1.54) is 0 Å². The number of primary amides is 1. The summed E-state index contributed by atoms with van der Waals surface area (Å²) in [6.07, 6.45) is 3.60. The standard InChI is InChI=1S/C16H23FN2O/c1-10-3-4-13(9-15(10)17)11(2)19-14-7-5-12(6-8-14)16(18)20/h3-4,9,11-12,14,19H,5-8H2,1-2H3,(H2,18,20). The van der Waals surface area contributed by atoms with Crippen molar-refractivity contribution in [2.24, 2.45) is 11.7 Å². The molecule has 0 aliphatic heterocycles. The van der Waals surface area contributed by atoms with E-state index in [1.807, 2.05) is 19.1 Å². The first-order valence-corrected chi connectivity index (χ1v) is 7.28. The second-order valence-corrected chi connectivity index (χ2v) is 5.85. The van der Waals surface area contributed by atoms with Crippen molar-refractivity contribution in [3.05, 3.63) is 35.1 Å². The van der Waals surface area contributed by atoms with Gasteiger partial charge < -0.3 is 11.1 Å². The van der Waals surface area contributed by atoms with Crippen LogP contribution in [0.5, 0.6) is 0 Å². The lowest BCUT2D eigenvalue weighted by molar-refractivity contribution is -0.122. The maximum Gasteiger partial charge on any atom is 0.220 e. The van der Waals surface area contributed by atoms with Crippen molar-refractivity contribution in [1.29, 1.82) is 0 Å². The highest BCUT2D eigenvalue weighted by Gasteiger charge is 2.25. The Balaban J connectivity index is 1.90. The van der Waals surface area contributed by atoms with E-state index >= 15 is 0 Å². The third kappa shape index (κ3) is 3.57. The number of hydrogen-bond donors (Lipinski definition) is 2. The van der Waals surface area contributed by atoms with Crippen LogP contribution >= 0.6 is 0 Å². The lowest BCUT2D eigenvalue weighted by Crippen LogP contribution is -2.37. The summed E-state index contributed by atoms with van der Waals surface area (Å²) in [6, 6.07) is 5.87. The number of carbonyl (C=O) groups is 1. The molecule has 1 aromatic carbocycles. The molecule has 1 unspecified atom stereocenters. The van der Waals surface area contributed by atoms with E-state index in [-0.39, 0.29) is 23.7 Å². The van der Waals surface area contributed by atoms with Crippen molar-refractivity contribution in [3.8, 4) is 0 Å². The number of nitrogens with one attached hydrogen (secondary N) is 1. The minimum absolute atomic E-state index is 0.0279. The van der Waals surface area contributed by atoms with Crippen molar-refractivity contribution in [2.45, 2.75) is 51.6 Å². The topological polar surface area (TPSA) is 55.1 Å². The molecule has 20 heavy (non-hydrogen) atoms. The van der Waals surface area contributed by atoms with Gasteiger partial charge in [0.25, 0.3) is 0 Å². The molecule has 1 aromatic rings. The predicted molar refractivity (Wildman–Crippen MR) is 77.6 cm³/mol. The highest BCUT2D eigenvalue weighted by atomic mass is 19.1. The van der Waals surface area contributed by atoms with Crippen LogP contribution in [0.1, 0.15) is 49.8 Å². The average Bonchev–Trinajstić information content (AvgIpc) is 2.42. The molecule has 0 heterocycles. The van der Waals surface area contributed by atoms with Gasteiger partial charge in [-0.1, -0.05) is 12.1 Å². The maximum absolute atomic E-state index is 13.6. The first-order valence-electron chi connectivity index (χ1n) is 7.28. The van der Waals surface area contributed by atoms with Crippen LogP contribution in [-0.2, 0) is 4.79 Å². The number of benzene rings is 1. The molecule has 1 aliphatic carbocycles. The van der Waals surface area contributed by atoms with Crippen LogP contribution in [0.2, 0.25) is 0 Å². The summed E-state index contributed by atoms with van der Waals surface area (Å²) in [7, 11) is 0. The van der Waals surface area contributed by atoms with Gasteiger partial charge in [-0.3, -0.25) is 4.79 Å². The monoisotopic (exact) mass is 278 g/mol. The number of halogens is 1. The molecular weight excluding hydrogens is 255 g/mol. The van der Waals surface area contributed by atoms with Gasteiger partial charge in [0.15, 0.2) is 0 Å². The van der Waals surface area contributed by atoms with Crippen LogP contribution < -0.4 is 11.1 Å². The van der Waals surface area contributed by atoms with E-state index in [2.05, 4.69) is 5.32 Å². The molecule has 1 aliphatic rings. The molecular formula is C16H23FN2O. The number of amides is 1. The zero-order valence-electron chi connectivity index (χ0n) is 12.2. The second kappa shape index (κ2) is 6.35. The van der Waals surface area contributed by atoms with Crippen molar-refractivity contribution < 1.29 is 9.18 Å². The number of rotatable bonds is 4. The highest BCUT2D eigenvalue weighted by Crippen LogP contribution is 2.26. The summed E-state index contributed by atoms with van der Waals surface area (Å²) in [4.78, 5) is 11.1. The number of nitrogens with two attached hydrogens (primary N) is 1. The van der Waals surface area contributed by atoms with E-state index in [1.54, 1.807) is 13.0 Å². The SMILES string of the molecule is Cc1ccc(C(C)NC2CCC(C(N)=O)CC2)cc1F. The molecule has 0 spiro atoms. The fraction of sp³-hybridized carbons (Fsp3) is 0.562. The van der Waals surface area contributed by atoms with E-state index in [0.29, 0.717) is 11.6 Å². The van der Waals surface area contributed by atoms with Crippen molar-refractivity contribution in [2.75, 3.05) is 0 Å². The lowest BCUT2D eigenvalue weighted by atomic mass is 9.85. The van der Waals surface area contributed by atoms with E-state index in [9.17, 15) is 9.18 Å². The third-order valence-corrected chi connectivity index (χ3v) is 4.31. The Bertz CT molecular complexity index is 481. The highest BCUT2D eigenvalue weighted by molar-refractivity contribution is 5.76. The molecule has 2 rings (SSSR count). The van der Waals surface area contributed by atoms with Gasteiger partial charge in [0.1, 0.15) is 5.82 Å². The summed E-state index contributed by atoms with van der Waals surface area (Å²) in [6.45, 7) is 3.81. The van der Waals surface area contributed by atoms with Gasteiger partial charge >= 0.3 is 0 Å². The van der Waals surface area contributed by atoms with Gasteiger partial charge in [0.2, 0.25) is 5.91 Å². The van der Waals surface area contributed by atoms with Crippen LogP contribution in [0.3, 0.4) is 0 Å². The Morgan fingerprint density at radius 1 is 1.35 bits per heavy atom. The molecule has 4 heteroatoms. The van der Waals surface area contributed by atoms with Gasteiger partial charge in [0, 0.05) is 18.0 Å². The Morgan fingerprint density at radius 3 is 2.55 bits per heavy atom. The third-order valence-electron chi connectivity index (χ3n) is 4.31. The molecule has 1 saturated carbocycles. The smallest absolute Gasteiger partial charge is 0.220 e. The number of carbonyl (C=O) groups excluding carboxylic acids is 1. The minimum Gasteiger partial charge on any atom is -0.369 e. The van der Waals surface area contributed by atoms with Crippen LogP contribution in [0.25, 0.3) is 0 Å². The van der Waals surface area contributed by atoms with Gasteiger partial charge in [-0.15, -0.1) is 0 Å². The van der Waals surface area contributed by atoms with Gasteiger partial charge in [-0.2, -0.15) is 0 Å². The normalized spacial score (nSPS) is 24.4. The molecule has 1 atom stereocenters. The van der Waals surface area contributed by atoms with E-state index < -0.39 is 0 Å². The first-order chi connectivity index (χ1) is 9.47. The summed E-state index contributed by atoms with van der Waals surface area (Å²) in [5.41, 5.74) is 6.97. The molecule has 0 bridgehead atoms. The molecule has 1 amide bonds. The van der Waals surface area contributed by atoms with Crippen molar-refractivity contribution >= 4 is 5.91 Å². The van der Waals surface area contributed by atoms with Crippen LogP contribution in [-0.4, -0.2) is 11.9 Å². The molecule has 3 N–H and O–H groups in total. The summed E-state index contributed by atoms with van der Waals surface area (Å²) in [5.74, 6) is -0.314. The molecule has 110 valence electrons. The largest absolute Gasteiger partial charge is 0.369 e. The van der Waals surface area contributed by atoms with Crippen LogP contribution in [0.4, 0.5) is 4.39 Å². The zero-order chi connectivity index (χ0) is 14.7.